The van der Waals surface area contributed by atoms with Crippen molar-refractivity contribution < 1.29 is 9.59 Å². The van der Waals surface area contributed by atoms with E-state index in [0.717, 1.165) is 83.1 Å². The van der Waals surface area contributed by atoms with E-state index in [2.05, 4.69) is 29.0 Å². The molecule has 0 atom stereocenters. The van der Waals surface area contributed by atoms with Gasteiger partial charge in [-0.25, -0.2) is 0 Å². The molecular weight excluding hydrogens is 374 g/mol. The first-order valence-corrected chi connectivity index (χ1v) is 12.8. The van der Waals surface area contributed by atoms with Gasteiger partial charge in [0.25, 0.3) is 0 Å². The van der Waals surface area contributed by atoms with Gasteiger partial charge in [-0.15, -0.1) is 0 Å². The van der Waals surface area contributed by atoms with Crippen molar-refractivity contribution in [2.75, 3.05) is 45.8 Å². The molecule has 0 saturated carbocycles. The molecule has 30 heavy (non-hydrogen) atoms. The van der Waals surface area contributed by atoms with Crippen molar-refractivity contribution in [3.8, 4) is 0 Å². The van der Waals surface area contributed by atoms with E-state index in [9.17, 15) is 9.59 Å². The van der Waals surface area contributed by atoms with Crippen molar-refractivity contribution in [2.45, 2.75) is 90.9 Å². The van der Waals surface area contributed by atoms with Crippen molar-refractivity contribution in [1.82, 2.24) is 15.1 Å². The molecular formula is C25H47N3O2. The maximum Gasteiger partial charge on any atom is 0.221 e. The van der Waals surface area contributed by atoms with Crippen LogP contribution in [-0.2, 0) is 9.59 Å². The molecule has 0 bridgehead atoms. The quantitative estimate of drug-likeness (QED) is 0.426. The van der Waals surface area contributed by atoms with Crippen LogP contribution < -0.4 is 5.32 Å². The van der Waals surface area contributed by atoms with E-state index < -0.39 is 0 Å². The van der Waals surface area contributed by atoms with Gasteiger partial charge in [0.05, 0.1) is 0 Å². The zero-order valence-electron chi connectivity index (χ0n) is 19.8. The second kappa shape index (κ2) is 15.0. The van der Waals surface area contributed by atoms with Gasteiger partial charge in [0.2, 0.25) is 5.91 Å². The third-order valence-electron chi connectivity index (χ3n) is 7.07. The number of rotatable bonds is 14. The highest BCUT2D eigenvalue weighted by molar-refractivity contribution is 5.78. The zero-order chi connectivity index (χ0) is 21.6. The summed E-state index contributed by atoms with van der Waals surface area (Å²) in [5.41, 5.74) is 0. The maximum atomic E-state index is 12.1. The van der Waals surface area contributed by atoms with E-state index in [4.69, 9.17) is 0 Å². The number of Topliss-reactive ketones (excluding diaryl/α,β-unsaturated/α-hetero) is 1. The molecule has 174 valence electrons. The fourth-order valence-corrected chi connectivity index (χ4v) is 4.53. The first kappa shape index (κ1) is 25.3. The largest absolute Gasteiger partial charge is 0.356 e. The minimum atomic E-state index is 0.197. The summed E-state index contributed by atoms with van der Waals surface area (Å²) >= 11 is 0. The number of hydrogen-bond acceptors (Lipinski definition) is 4. The third-order valence-corrected chi connectivity index (χ3v) is 7.07. The summed E-state index contributed by atoms with van der Waals surface area (Å²) < 4.78 is 0. The Labute approximate surface area is 185 Å². The summed E-state index contributed by atoms with van der Waals surface area (Å²) in [5.74, 6) is 2.33. The normalized spacial score (nSPS) is 19.8. The molecule has 0 aromatic rings. The summed E-state index contributed by atoms with van der Waals surface area (Å²) in [5, 5.41) is 3.07. The molecule has 2 heterocycles. The molecule has 1 amide bonds. The molecule has 2 rings (SSSR count). The van der Waals surface area contributed by atoms with Crippen molar-refractivity contribution in [3.05, 3.63) is 0 Å². The number of hydrogen-bond donors (Lipinski definition) is 1. The Balaban J connectivity index is 1.34. The van der Waals surface area contributed by atoms with Gasteiger partial charge in [-0.2, -0.15) is 0 Å². The molecule has 2 aliphatic rings. The Morgan fingerprint density at radius 2 is 1.20 bits per heavy atom. The van der Waals surface area contributed by atoms with E-state index in [-0.39, 0.29) is 5.91 Å². The fraction of sp³-hybridized carbons (Fsp3) is 0.920. The smallest absolute Gasteiger partial charge is 0.221 e. The van der Waals surface area contributed by atoms with Gasteiger partial charge in [-0.05, 0) is 76.5 Å². The zero-order valence-corrected chi connectivity index (χ0v) is 19.8. The predicted molar refractivity (Wildman–Crippen MR) is 125 cm³/mol. The third kappa shape index (κ3) is 11.5. The van der Waals surface area contributed by atoms with Crippen LogP contribution in [0.25, 0.3) is 0 Å². The molecule has 5 nitrogen and oxygen atoms in total. The minimum absolute atomic E-state index is 0.197. The lowest BCUT2D eigenvalue weighted by molar-refractivity contribution is -0.121. The van der Waals surface area contributed by atoms with Crippen molar-refractivity contribution in [1.29, 1.82) is 0 Å². The summed E-state index contributed by atoms with van der Waals surface area (Å²) in [6.07, 6.45) is 12.7. The number of nitrogens with one attached hydrogen (secondary N) is 1. The molecule has 0 radical (unpaired) electrons. The number of carbonyl (C=O) groups is 2. The van der Waals surface area contributed by atoms with Gasteiger partial charge in [-0.1, -0.05) is 33.1 Å². The standard InChI is InChI=1S/C25H47N3O2/c1-22-9-16-27(17-10-22)20-13-24(29)8-6-4-3-5-7-15-26-25(30)14-21-28-18-11-23(2)12-19-28/h22-23H,3-21H2,1-2H3,(H,26,30). The highest BCUT2D eigenvalue weighted by Crippen LogP contribution is 2.17. The highest BCUT2D eigenvalue weighted by atomic mass is 16.1. The molecule has 0 aromatic carbocycles. The first-order chi connectivity index (χ1) is 14.5. The molecule has 2 aliphatic heterocycles. The fourth-order valence-electron chi connectivity index (χ4n) is 4.53. The number of likely N-dealkylation sites (tertiary alicyclic amines) is 2. The second-order valence-corrected chi connectivity index (χ2v) is 9.95. The van der Waals surface area contributed by atoms with Crippen molar-refractivity contribution in [3.63, 3.8) is 0 Å². The summed E-state index contributed by atoms with van der Waals surface area (Å²) in [6, 6.07) is 0. The molecule has 0 unspecified atom stereocenters. The van der Waals surface area contributed by atoms with Crippen LogP contribution >= 0.6 is 0 Å². The van der Waals surface area contributed by atoms with E-state index in [1.54, 1.807) is 0 Å². The monoisotopic (exact) mass is 421 g/mol. The average Bonchev–Trinajstić information content (AvgIpc) is 2.74. The average molecular weight is 422 g/mol. The van der Waals surface area contributed by atoms with E-state index in [0.29, 0.717) is 12.2 Å². The second-order valence-electron chi connectivity index (χ2n) is 9.95. The van der Waals surface area contributed by atoms with Crippen LogP contribution in [0.3, 0.4) is 0 Å². The SMILES string of the molecule is CC1CCN(CCC(=O)CCCCCCCNC(=O)CCN2CCC(C)CC2)CC1. The van der Waals surface area contributed by atoms with Crippen LogP contribution in [0.4, 0.5) is 0 Å². The number of nitrogens with zero attached hydrogens (tertiary/aromatic N) is 2. The predicted octanol–water partition coefficient (Wildman–Crippen LogP) is 4.26. The number of unbranched alkanes of at least 4 members (excludes halogenated alkanes) is 4. The molecule has 0 aliphatic carbocycles. The highest BCUT2D eigenvalue weighted by Gasteiger charge is 2.17. The van der Waals surface area contributed by atoms with Gasteiger partial charge in [0.1, 0.15) is 5.78 Å². The molecule has 0 spiro atoms. The Bertz CT molecular complexity index is 437. The number of carbonyl (C=O) groups excluding carboxylic acids is 2. The van der Waals surface area contributed by atoms with Crippen LogP contribution in [0.2, 0.25) is 0 Å². The van der Waals surface area contributed by atoms with E-state index in [1.165, 1.54) is 45.2 Å². The number of ketones is 1. The molecule has 5 heteroatoms. The van der Waals surface area contributed by atoms with Crippen LogP contribution in [0, 0.1) is 11.8 Å². The van der Waals surface area contributed by atoms with Gasteiger partial charge >= 0.3 is 0 Å². The summed E-state index contributed by atoms with van der Waals surface area (Å²) in [6.45, 7) is 11.9. The Hall–Kier alpha value is -0.940. The first-order valence-electron chi connectivity index (χ1n) is 12.8. The Morgan fingerprint density at radius 3 is 1.80 bits per heavy atom. The van der Waals surface area contributed by atoms with Crippen molar-refractivity contribution in [2.24, 2.45) is 11.8 Å². The van der Waals surface area contributed by atoms with Crippen LogP contribution in [-0.4, -0.2) is 67.3 Å². The lowest BCUT2D eigenvalue weighted by Gasteiger charge is -2.29. The topological polar surface area (TPSA) is 52.7 Å². The van der Waals surface area contributed by atoms with Crippen LogP contribution in [0.15, 0.2) is 0 Å². The maximum absolute atomic E-state index is 12.1. The number of amides is 1. The Morgan fingerprint density at radius 1 is 0.700 bits per heavy atom. The molecule has 2 saturated heterocycles. The van der Waals surface area contributed by atoms with Crippen LogP contribution in [0.5, 0.6) is 0 Å². The van der Waals surface area contributed by atoms with E-state index >= 15 is 0 Å². The van der Waals surface area contributed by atoms with Gasteiger partial charge in [-0.3, -0.25) is 9.59 Å². The van der Waals surface area contributed by atoms with Gasteiger partial charge in [0, 0.05) is 38.9 Å². The lowest BCUT2D eigenvalue weighted by atomic mass is 9.99. The van der Waals surface area contributed by atoms with E-state index in [1.807, 2.05) is 0 Å². The number of piperidine rings is 2. The molecule has 1 N–H and O–H groups in total. The Kier molecular flexibility index (Phi) is 12.6. The lowest BCUT2D eigenvalue weighted by Crippen LogP contribution is -2.36. The van der Waals surface area contributed by atoms with Gasteiger partial charge < -0.3 is 15.1 Å². The molecule has 2 fully saturated rings. The van der Waals surface area contributed by atoms with Crippen molar-refractivity contribution >= 4 is 11.7 Å². The summed E-state index contributed by atoms with van der Waals surface area (Å²) in [7, 11) is 0. The van der Waals surface area contributed by atoms with Gasteiger partial charge in [0.15, 0.2) is 0 Å². The van der Waals surface area contributed by atoms with Crippen LogP contribution in [0.1, 0.15) is 90.9 Å². The molecule has 0 aromatic heterocycles. The minimum Gasteiger partial charge on any atom is -0.356 e. The summed E-state index contributed by atoms with van der Waals surface area (Å²) in [4.78, 5) is 28.9.